The summed E-state index contributed by atoms with van der Waals surface area (Å²) >= 11 is 0. The van der Waals surface area contributed by atoms with Gasteiger partial charge in [-0.3, -0.25) is 9.78 Å². The molecule has 1 fully saturated rings. The van der Waals surface area contributed by atoms with Gasteiger partial charge in [0.25, 0.3) is 5.91 Å². The van der Waals surface area contributed by atoms with Crippen LogP contribution in [-0.4, -0.2) is 34.8 Å². The van der Waals surface area contributed by atoms with Crippen LogP contribution >= 0.6 is 0 Å². The SMILES string of the molecule is O=C(N[C@H](Cc1ccccn1)C1CC(O)C1)c1ccc2c(c1)CCO2. The Hall–Kier alpha value is -2.40. The number of nitrogens with one attached hydrogen (secondary N) is 1. The third kappa shape index (κ3) is 3.51. The van der Waals surface area contributed by atoms with Gasteiger partial charge in [0, 0.05) is 36.3 Å². The first kappa shape index (κ1) is 16.1. The summed E-state index contributed by atoms with van der Waals surface area (Å²) in [6, 6.07) is 11.4. The predicted molar refractivity (Wildman–Crippen MR) is 93.6 cm³/mol. The molecule has 0 unspecified atom stereocenters. The van der Waals surface area contributed by atoms with Crippen molar-refractivity contribution in [3.05, 3.63) is 59.4 Å². The minimum atomic E-state index is -0.245. The number of ether oxygens (including phenoxy) is 1. The molecule has 2 aliphatic rings. The van der Waals surface area contributed by atoms with Gasteiger partial charge in [-0.1, -0.05) is 6.07 Å². The molecular weight excluding hydrogens is 316 g/mol. The number of amides is 1. The largest absolute Gasteiger partial charge is 0.493 e. The van der Waals surface area contributed by atoms with Crippen LogP contribution in [0, 0.1) is 5.92 Å². The van der Waals surface area contributed by atoms with Crippen LogP contribution in [0.25, 0.3) is 0 Å². The molecule has 0 saturated heterocycles. The molecule has 4 rings (SSSR count). The van der Waals surface area contributed by atoms with E-state index in [0.717, 1.165) is 36.3 Å². The number of aliphatic hydroxyl groups is 1. The zero-order chi connectivity index (χ0) is 17.2. The highest BCUT2D eigenvalue weighted by molar-refractivity contribution is 5.94. The van der Waals surface area contributed by atoms with Crippen molar-refractivity contribution >= 4 is 5.91 Å². The van der Waals surface area contributed by atoms with E-state index < -0.39 is 0 Å². The molecule has 1 aliphatic heterocycles. The lowest BCUT2D eigenvalue weighted by molar-refractivity contribution is 0.0238. The molecule has 0 radical (unpaired) electrons. The second-order valence-corrected chi connectivity index (χ2v) is 6.91. The second-order valence-electron chi connectivity index (χ2n) is 6.91. The van der Waals surface area contributed by atoms with E-state index in [-0.39, 0.29) is 18.1 Å². The molecule has 1 amide bonds. The van der Waals surface area contributed by atoms with Crippen LogP contribution in [0.15, 0.2) is 42.6 Å². The van der Waals surface area contributed by atoms with E-state index in [2.05, 4.69) is 10.3 Å². The molecule has 130 valence electrons. The summed E-state index contributed by atoms with van der Waals surface area (Å²) in [5.74, 6) is 1.10. The van der Waals surface area contributed by atoms with E-state index >= 15 is 0 Å². The molecule has 2 aromatic rings. The second kappa shape index (κ2) is 6.84. The Labute approximate surface area is 147 Å². The van der Waals surface area contributed by atoms with Crippen molar-refractivity contribution in [2.75, 3.05) is 6.61 Å². The Morgan fingerprint density at radius 1 is 1.32 bits per heavy atom. The Balaban J connectivity index is 1.48. The zero-order valence-electron chi connectivity index (χ0n) is 14.0. The maximum absolute atomic E-state index is 12.7. The number of pyridine rings is 1. The third-order valence-corrected chi connectivity index (χ3v) is 5.14. The predicted octanol–water partition coefficient (Wildman–Crippen LogP) is 2.13. The van der Waals surface area contributed by atoms with Crippen LogP contribution in [0.3, 0.4) is 0 Å². The fraction of sp³-hybridized carbons (Fsp3) is 0.400. The smallest absolute Gasteiger partial charge is 0.251 e. The number of carbonyl (C=O) groups excluding carboxylic acids is 1. The quantitative estimate of drug-likeness (QED) is 0.876. The molecular formula is C20H22N2O3. The number of benzene rings is 1. The molecule has 1 aliphatic carbocycles. The maximum atomic E-state index is 12.7. The first-order valence-electron chi connectivity index (χ1n) is 8.83. The van der Waals surface area contributed by atoms with Gasteiger partial charge in [-0.2, -0.15) is 0 Å². The van der Waals surface area contributed by atoms with E-state index in [1.165, 1.54) is 0 Å². The van der Waals surface area contributed by atoms with Gasteiger partial charge in [-0.15, -0.1) is 0 Å². The van der Waals surface area contributed by atoms with Crippen LogP contribution in [0.4, 0.5) is 0 Å². The number of carbonyl (C=O) groups is 1. The Bertz CT molecular complexity index is 757. The highest BCUT2D eigenvalue weighted by Crippen LogP contribution is 2.32. The van der Waals surface area contributed by atoms with Gasteiger partial charge in [0.2, 0.25) is 0 Å². The van der Waals surface area contributed by atoms with E-state index in [1.807, 2.05) is 36.4 Å². The highest BCUT2D eigenvalue weighted by Gasteiger charge is 2.35. The summed E-state index contributed by atoms with van der Waals surface area (Å²) in [6.45, 7) is 0.683. The lowest BCUT2D eigenvalue weighted by atomic mass is 9.76. The molecule has 0 bridgehead atoms. The van der Waals surface area contributed by atoms with Crippen molar-refractivity contribution in [3.8, 4) is 5.75 Å². The lowest BCUT2D eigenvalue weighted by Gasteiger charge is -2.38. The summed E-state index contributed by atoms with van der Waals surface area (Å²) in [4.78, 5) is 17.1. The fourth-order valence-electron chi connectivity index (χ4n) is 3.62. The van der Waals surface area contributed by atoms with Gasteiger partial charge >= 0.3 is 0 Å². The van der Waals surface area contributed by atoms with Crippen LogP contribution in [0.2, 0.25) is 0 Å². The Morgan fingerprint density at radius 2 is 2.20 bits per heavy atom. The molecule has 5 nitrogen and oxygen atoms in total. The number of aliphatic hydroxyl groups excluding tert-OH is 1. The number of hydrogen-bond donors (Lipinski definition) is 2. The number of rotatable bonds is 5. The van der Waals surface area contributed by atoms with Crippen molar-refractivity contribution in [3.63, 3.8) is 0 Å². The first-order valence-corrected chi connectivity index (χ1v) is 8.83. The van der Waals surface area contributed by atoms with Gasteiger partial charge in [0.15, 0.2) is 0 Å². The molecule has 5 heteroatoms. The standard InChI is InChI=1S/C20H22N2O3/c23-17-10-15(11-17)18(12-16-3-1-2-7-21-16)22-20(24)14-4-5-19-13(9-14)6-8-25-19/h1-5,7,9,15,17-18,23H,6,8,10-12H2,(H,22,24)/t15?,17?,18-/m1/s1. The molecule has 1 saturated carbocycles. The Morgan fingerprint density at radius 3 is 2.96 bits per heavy atom. The van der Waals surface area contributed by atoms with Crippen molar-refractivity contribution in [2.45, 2.75) is 37.8 Å². The minimum Gasteiger partial charge on any atom is -0.493 e. The molecule has 1 aromatic carbocycles. The van der Waals surface area contributed by atoms with E-state index in [0.29, 0.717) is 24.5 Å². The average Bonchev–Trinajstić information content (AvgIpc) is 3.07. The highest BCUT2D eigenvalue weighted by atomic mass is 16.5. The number of nitrogens with zero attached hydrogens (tertiary/aromatic N) is 1. The van der Waals surface area contributed by atoms with E-state index in [9.17, 15) is 9.90 Å². The third-order valence-electron chi connectivity index (χ3n) is 5.14. The normalized spacial score (nSPS) is 22.4. The summed E-state index contributed by atoms with van der Waals surface area (Å²) in [7, 11) is 0. The maximum Gasteiger partial charge on any atom is 0.251 e. The molecule has 2 heterocycles. The van der Waals surface area contributed by atoms with E-state index in [4.69, 9.17) is 4.74 Å². The lowest BCUT2D eigenvalue weighted by Crippen LogP contribution is -2.48. The molecule has 25 heavy (non-hydrogen) atoms. The monoisotopic (exact) mass is 338 g/mol. The average molecular weight is 338 g/mol. The summed E-state index contributed by atoms with van der Waals surface area (Å²) in [5.41, 5.74) is 2.71. The molecule has 1 atom stereocenters. The van der Waals surface area contributed by atoms with Gasteiger partial charge in [-0.05, 0) is 54.7 Å². The van der Waals surface area contributed by atoms with Gasteiger partial charge in [-0.25, -0.2) is 0 Å². The summed E-state index contributed by atoms with van der Waals surface area (Å²) in [5, 5.41) is 12.8. The van der Waals surface area contributed by atoms with Gasteiger partial charge in [0.1, 0.15) is 5.75 Å². The fourth-order valence-corrected chi connectivity index (χ4v) is 3.62. The summed E-state index contributed by atoms with van der Waals surface area (Å²) in [6.07, 6.45) is 4.52. The number of fused-ring (bicyclic) bond motifs is 1. The zero-order valence-corrected chi connectivity index (χ0v) is 14.0. The van der Waals surface area contributed by atoms with Crippen LogP contribution in [0.1, 0.15) is 34.5 Å². The van der Waals surface area contributed by atoms with E-state index in [1.54, 1.807) is 6.20 Å². The first-order chi connectivity index (χ1) is 12.2. The molecule has 0 spiro atoms. The topological polar surface area (TPSA) is 71.5 Å². The van der Waals surface area contributed by atoms with Crippen molar-refractivity contribution in [1.29, 1.82) is 0 Å². The number of hydrogen-bond acceptors (Lipinski definition) is 4. The summed E-state index contributed by atoms with van der Waals surface area (Å²) < 4.78 is 5.50. The van der Waals surface area contributed by atoms with Crippen molar-refractivity contribution in [2.24, 2.45) is 5.92 Å². The van der Waals surface area contributed by atoms with Crippen LogP contribution in [0.5, 0.6) is 5.75 Å². The number of aromatic nitrogens is 1. The van der Waals surface area contributed by atoms with Gasteiger partial charge in [0.05, 0.1) is 12.7 Å². The molecule has 2 N–H and O–H groups in total. The Kier molecular flexibility index (Phi) is 4.40. The van der Waals surface area contributed by atoms with Gasteiger partial charge < -0.3 is 15.2 Å². The molecule has 1 aromatic heterocycles. The van der Waals surface area contributed by atoms with Crippen LogP contribution < -0.4 is 10.1 Å². The van der Waals surface area contributed by atoms with Crippen molar-refractivity contribution in [1.82, 2.24) is 10.3 Å². The van der Waals surface area contributed by atoms with Crippen LogP contribution in [-0.2, 0) is 12.8 Å². The van der Waals surface area contributed by atoms with Crippen molar-refractivity contribution < 1.29 is 14.6 Å². The minimum absolute atomic E-state index is 0.0182.